The molecule has 0 radical (unpaired) electrons. The fourth-order valence-electron chi connectivity index (χ4n) is 1.62. The molecule has 0 unspecified atom stereocenters. The lowest BCUT2D eigenvalue weighted by Crippen LogP contribution is -2.18. The SMILES string of the molecule is COCCNCc1cnc(Cc2csc(C)n2)nc1. The molecule has 1 N–H and O–H groups in total. The fourth-order valence-corrected chi connectivity index (χ4v) is 2.24. The Morgan fingerprint density at radius 2 is 2.11 bits per heavy atom. The van der Waals surface area contributed by atoms with Gasteiger partial charge in [-0.05, 0) is 6.92 Å². The highest BCUT2D eigenvalue weighted by atomic mass is 32.1. The molecule has 102 valence electrons. The van der Waals surface area contributed by atoms with Crippen molar-refractivity contribution in [2.75, 3.05) is 20.3 Å². The number of hydrogen-bond donors (Lipinski definition) is 1. The van der Waals surface area contributed by atoms with Crippen molar-refractivity contribution in [3.05, 3.63) is 39.9 Å². The first-order chi connectivity index (χ1) is 9.28. The number of methoxy groups -OCH3 is 1. The Hall–Kier alpha value is -1.37. The maximum atomic E-state index is 4.97. The van der Waals surface area contributed by atoms with E-state index in [-0.39, 0.29) is 0 Å². The Labute approximate surface area is 117 Å². The summed E-state index contributed by atoms with van der Waals surface area (Å²) in [7, 11) is 1.69. The Bertz CT molecular complexity index is 498. The van der Waals surface area contributed by atoms with E-state index in [1.807, 2.05) is 19.3 Å². The van der Waals surface area contributed by atoms with Crippen molar-refractivity contribution in [2.45, 2.75) is 19.9 Å². The molecule has 0 atom stereocenters. The second-order valence-electron chi connectivity index (χ2n) is 4.21. The normalized spacial score (nSPS) is 10.8. The first kappa shape index (κ1) is 14.0. The van der Waals surface area contributed by atoms with Gasteiger partial charge in [-0.2, -0.15) is 0 Å². The summed E-state index contributed by atoms with van der Waals surface area (Å²) >= 11 is 1.65. The molecule has 19 heavy (non-hydrogen) atoms. The Morgan fingerprint density at radius 3 is 2.74 bits per heavy atom. The average Bonchev–Trinajstić information content (AvgIpc) is 2.82. The number of ether oxygens (including phenoxy) is 1. The summed E-state index contributed by atoms with van der Waals surface area (Å²) in [5.41, 5.74) is 2.11. The molecule has 0 bridgehead atoms. The third-order valence-electron chi connectivity index (χ3n) is 2.58. The van der Waals surface area contributed by atoms with Crippen molar-refractivity contribution in [2.24, 2.45) is 0 Å². The van der Waals surface area contributed by atoms with Gasteiger partial charge in [0.05, 0.1) is 23.7 Å². The minimum atomic E-state index is 0.696. The predicted octanol–water partition coefficient (Wildman–Crippen LogP) is 1.57. The standard InChI is InChI=1S/C13H18N4OS/c1-10-17-12(9-19-10)5-13-15-7-11(8-16-13)6-14-3-4-18-2/h7-9,14H,3-6H2,1-2H3. The summed E-state index contributed by atoms with van der Waals surface area (Å²) < 4.78 is 4.97. The summed E-state index contributed by atoms with van der Waals surface area (Å²) in [5, 5.41) is 6.39. The van der Waals surface area contributed by atoms with E-state index in [1.54, 1.807) is 18.4 Å². The van der Waals surface area contributed by atoms with Crippen LogP contribution in [-0.4, -0.2) is 35.2 Å². The van der Waals surface area contributed by atoms with Crippen LogP contribution in [0.1, 0.15) is 22.1 Å². The highest BCUT2D eigenvalue weighted by molar-refractivity contribution is 7.09. The number of nitrogens with one attached hydrogen (secondary N) is 1. The second-order valence-corrected chi connectivity index (χ2v) is 5.27. The van der Waals surface area contributed by atoms with Gasteiger partial charge >= 0.3 is 0 Å². The lowest BCUT2D eigenvalue weighted by Gasteiger charge is -2.04. The lowest BCUT2D eigenvalue weighted by molar-refractivity contribution is 0.199. The number of rotatable bonds is 7. The van der Waals surface area contributed by atoms with Gasteiger partial charge in [-0.1, -0.05) is 0 Å². The molecular weight excluding hydrogens is 260 g/mol. The van der Waals surface area contributed by atoms with Gasteiger partial charge in [-0.25, -0.2) is 15.0 Å². The van der Waals surface area contributed by atoms with Gasteiger partial charge in [-0.15, -0.1) is 11.3 Å². The van der Waals surface area contributed by atoms with Gasteiger partial charge in [0.2, 0.25) is 0 Å². The van der Waals surface area contributed by atoms with Crippen molar-refractivity contribution >= 4 is 11.3 Å². The topological polar surface area (TPSA) is 59.9 Å². The van der Waals surface area contributed by atoms with Crippen molar-refractivity contribution < 1.29 is 4.74 Å². The van der Waals surface area contributed by atoms with Crippen LogP contribution in [-0.2, 0) is 17.7 Å². The van der Waals surface area contributed by atoms with Crippen LogP contribution in [0.15, 0.2) is 17.8 Å². The van der Waals surface area contributed by atoms with Gasteiger partial charge in [0, 0.05) is 43.5 Å². The van der Waals surface area contributed by atoms with Gasteiger partial charge in [0.1, 0.15) is 5.82 Å². The van der Waals surface area contributed by atoms with E-state index >= 15 is 0 Å². The fraction of sp³-hybridized carbons (Fsp3) is 0.462. The van der Waals surface area contributed by atoms with E-state index in [0.717, 1.165) is 35.2 Å². The zero-order chi connectivity index (χ0) is 13.5. The predicted molar refractivity (Wildman–Crippen MR) is 75.3 cm³/mol. The quantitative estimate of drug-likeness (QED) is 0.779. The Morgan fingerprint density at radius 1 is 1.32 bits per heavy atom. The number of aromatic nitrogens is 3. The number of hydrogen-bond acceptors (Lipinski definition) is 6. The maximum absolute atomic E-state index is 4.97. The summed E-state index contributed by atoms with van der Waals surface area (Å²) in [6, 6.07) is 0. The zero-order valence-electron chi connectivity index (χ0n) is 11.2. The minimum absolute atomic E-state index is 0.696. The van der Waals surface area contributed by atoms with E-state index in [2.05, 4.69) is 25.6 Å². The highest BCUT2D eigenvalue weighted by Crippen LogP contribution is 2.10. The molecule has 0 aliphatic carbocycles. The van der Waals surface area contributed by atoms with Crippen LogP contribution in [0.3, 0.4) is 0 Å². The molecule has 0 aromatic carbocycles. The maximum Gasteiger partial charge on any atom is 0.134 e. The first-order valence-electron chi connectivity index (χ1n) is 6.18. The van der Waals surface area contributed by atoms with Crippen molar-refractivity contribution in [3.8, 4) is 0 Å². The molecule has 0 aliphatic rings. The van der Waals surface area contributed by atoms with Crippen LogP contribution in [0.4, 0.5) is 0 Å². The van der Waals surface area contributed by atoms with Crippen LogP contribution < -0.4 is 5.32 Å². The van der Waals surface area contributed by atoms with Crippen LogP contribution in [0.5, 0.6) is 0 Å². The molecule has 0 saturated heterocycles. The molecule has 2 rings (SSSR count). The van der Waals surface area contributed by atoms with Crippen molar-refractivity contribution in [3.63, 3.8) is 0 Å². The van der Waals surface area contributed by atoms with E-state index in [4.69, 9.17) is 4.74 Å². The third-order valence-corrected chi connectivity index (χ3v) is 3.40. The van der Waals surface area contributed by atoms with Crippen LogP contribution in [0.25, 0.3) is 0 Å². The highest BCUT2D eigenvalue weighted by Gasteiger charge is 2.03. The molecular formula is C13H18N4OS. The molecule has 0 saturated carbocycles. The Balaban J connectivity index is 1.84. The number of nitrogens with zero attached hydrogens (tertiary/aromatic N) is 3. The van der Waals surface area contributed by atoms with Gasteiger partial charge in [0.15, 0.2) is 0 Å². The second kappa shape index (κ2) is 7.28. The molecule has 2 aromatic heterocycles. The minimum Gasteiger partial charge on any atom is -0.383 e. The Kier molecular flexibility index (Phi) is 5.38. The molecule has 0 fully saturated rings. The van der Waals surface area contributed by atoms with Crippen LogP contribution >= 0.6 is 11.3 Å². The summed E-state index contributed by atoms with van der Waals surface area (Å²) in [6.07, 6.45) is 4.42. The van der Waals surface area contributed by atoms with E-state index in [1.165, 1.54) is 0 Å². The van der Waals surface area contributed by atoms with Crippen molar-refractivity contribution in [1.82, 2.24) is 20.3 Å². The zero-order valence-corrected chi connectivity index (χ0v) is 12.0. The average molecular weight is 278 g/mol. The van der Waals surface area contributed by atoms with E-state index in [0.29, 0.717) is 13.0 Å². The van der Waals surface area contributed by atoms with Gasteiger partial charge < -0.3 is 10.1 Å². The third kappa shape index (κ3) is 4.66. The summed E-state index contributed by atoms with van der Waals surface area (Å²) in [4.78, 5) is 13.1. The molecule has 6 heteroatoms. The molecule has 0 aliphatic heterocycles. The largest absolute Gasteiger partial charge is 0.383 e. The van der Waals surface area contributed by atoms with Crippen molar-refractivity contribution in [1.29, 1.82) is 0 Å². The smallest absolute Gasteiger partial charge is 0.134 e. The van der Waals surface area contributed by atoms with Gasteiger partial charge in [-0.3, -0.25) is 0 Å². The molecule has 0 amide bonds. The van der Waals surface area contributed by atoms with Gasteiger partial charge in [0.25, 0.3) is 0 Å². The molecule has 0 spiro atoms. The molecule has 2 heterocycles. The van der Waals surface area contributed by atoms with E-state index < -0.39 is 0 Å². The molecule has 2 aromatic rings. The van der Waals surface area contributed by atoms with Crippen LogP contribution in [0.2, 0.25) is 0 Å². The van der Waals surface area contributed by atoms with E-state index in [9.17, 15) is 0 Å². The summed E-state index contributed by atoms with van der Waals surface area (Å²) in [5.74, 6) is 0.811. The van der Waals surface area contributed by atoms with Crippen LogP contribution in [0, 0.1) is 6.92 Å². The monoisotopic (exact) mass is 278 g/mol. The number of aryl methyl sites for hydroxylation is 1. The first-order valence-corrected chi connectivity index (χ1v) is 7.06. The lowest BCUT2D eigenvalue weighted by atomic mass is 10.3. The summed E-state index contributed by atoms with van der Waals surface area (Å²) in [6.45, 7) is 4.31. The number of thiazole rings is 1. The molecule has 5 nitrogen and oxygen atoms in total.